The van der Waals surface area contributed by atoms with Gasteiger partial charge in [-0.25, -0.2) is 90.5 Å². The summed E-state index contributed by atoms with van der Waals surface area (Å²) >= 11 is 6.12. The van der Waals surface area contributed by atoms with E-state index < -0.39 is 103 Å². The summed E-state index contributed by atoms with van der Waals surface area (Å²) in [6.07, 6.45) is 9.19. The summed E-state index contributed by atoms with van der Waals surface area (Å²) in [5.41, 5.74) is 1.85. The Hall–Kier alpha value is -13.8. The molecule has 0 saturated heterocycles. The van der Waals surface area contributed by atoms with Gasteiger partial charge in [-0.2, -0.15) is 0 Å². The zero-order chi connectivity index (χ0) is 111. The number of rotatable bonds is 50. The first-order valence-electron chi connectivity index (χ1n) is 48.7. The first-order valence-corrected chi connectivity index (χ1v) is 56.6. The van der Waals surface area contributed by atoms with Gasteiger partial charge in [-0.15, -0.1) is 0 Å². The number of nitrogens with two attached hydrogens (primary N) is 2. The summed E-state index contributed by atoms with van der Waals surface area (Å²) < 4.78 is 187. The molecule has 1 heterocycles. The van der Waals surface area contributed by atoms with Crippen molar-refractivity contribution in [3.05, 3.63) is 239 Å². The van der Waals surface area contributed by atoms with E-state index in [4.69, 9.17) is 68.9 Å². The fourth-order valence-electron chi connectivity index (χ4n) is 12.7. The lowest BCUT2D eigenvalue weighted by atomic mass is 10.1. The molecule has 10 rings (SSSR count). The van der Waals surface area contributed by atoms with Crippen molar-refractivity contribution in [3.63, 3.8) is 0 Å². The summed E-state index contributed by atoms with van der Waals surface area (Å²) in [4.78, 5) is 95.5. The molecule has 150 heavy (non-hydrogen) atoms. The molecule has 12 N–H and O–H groups in total. The van der Waals surface area contributed by atoms with Crippen LogP contribution in [0.5, 0.6) is 46.0 Å². The zero-order valence-electron chi connectivity index (χ0n) is 87.2. The Kier molecular flexibility index (Phi) is 51.1. The van der Waals surface area contributed by atoms with Crippen molar-refractivity contribution >= 4 is 138 Å². The Labute approximate surface area is 884 Å². The van der Waals surface area contributed by atoms with Crippen LogP contribution in [0.25, 0.3) is 0 Å². The average Bonchev–Trinajstić information content (AvgIpc) is 0.875. The number of hydrogen-bond acceptors (Lipinski definition) is 33. The molecule has 2 atom stereocenters. The van der Waals surface area contributed by atoms with E-state index in [0.717, 1.165) is 84.3 Å². The van der Waals surface area contributed by atoms with E-state index >= 15 is 0 Å². The zero-order valence-corrected chi connectivity index (χ0v) is 92.0. The summed E-state index contributed by atoms with van der Waals surface area (Å²) in [5.74, 6) is -2.83. The predicted molar refractivity (Wildman–Crippen MR) is 574 cm³/mol. The minimum absolute atomic E-state index is 0.0125. The maximum absolute atomic E-state index is 13.0. The molecular formula is C106H137ClN10O28S5. The monoisotopic (exact) mass is 2190 g/mol. The van der Waals surface area contributed by atoms with Gasteiger partial charge in [-0.05, 0) is 191 Å². The van der Waals surface area contributed by atoms with Crippen molar-refractivity contribution in [2.24, 2.45) is 28.0 Å². The van der Waals surface area contributed by atoms with E-state index in [1.54, 1.807) is 135 Å². The van der Waals surface area contributed by atoms with Crippen LogP contribution < -0.4 is 70.0 Å². The maximum atomic E-state index is 13.0. The number of esters is 5. The minimum atomic E-state index is -4.33. The summed E-state index contributed by atoms with van der Waals surface area (Å²) in [6.45, 7) is 33.1. The fraction of sp³-hybridized carbons (Fsp3) is 0.377. The summed E-state index contributed by atoms with van der Waals surface area (Å²) in [5, 5.41) is 26.3. The normalized spacial score (nSPS) is 11.6. The Morgan fingerprint density at radius 1 is 0.333 bits per heavy atom. The van der Waals surface area contributed by atoms with E-state index in [1.165, 1.54) is 54.8 Å². The topological polar surface area (TPSA) is 552 Å². The third-order valence-electron chi connectivity index (χ3n) is 20.4. The van der Waals surface area contributed by atoms with Crippen LogP contribution in [0.15, 0.2) is 229 Å². The second kappa shape index (κ2) is 61.3. The van der Waals surface area contributed by atoms with Crippen LogP contribution in [0.4, 0.5) is 28.4 Å². The lowest BCUT2D eigenvalue weighted by molar-refractivity contribution is -0.118. The number of ether oxygens (including phenoxy) is 9. The summed E-state index contributed by atoms with van der Waals surface area (Å²) in [7, 11) is -21.2. The van der Waals surface area contributed by atoms with E-state index in [-0.39, 0.29) is 137 Å². The molecule has 1 aromatic heterocycles. The van der Waals surface area contributed by atoms with Gasteiger partial charge in [-0.1, -0.05) is 193 Å². The van der Waals surface area contributed by atoms with E-state index in [1.807, 2.05) is 109 Å². The second-order valence-electron chi connectivity index (χ2n) is 35.2. The van der Waals surface area contributed by atoms with Gasteiger partial charge in [0.15, 0.2) is 23.0 Å². The van der Waals surface area contributed by atoms with Crippen molar-refractivity contribution in [2.45, 2.75) is 225 Å². The molecule has 0 fully saturated rings. The molecule has 0 bridgehead atoms. The molecule has 3 amide bonds. The third-order valence-corrected chi connectivity index (χ3v) is 27.1. The molecule has 10 aromatic rings. The van der Waals surface area contributed by atoms with Gasteiger partial charge in [0.1, 0.15) is 53.2 Å². The number of carbonyl (C=O) groups excluding carboxylic acids is 8. The standard InChI is InChI=1S/2C23H30N2O6S.2C21H28N2O5S.C18H21ClN2O6S/c1-5-6-12-24-20-13-18(23(27)30-15-16(2)3)14-21(32(28,29)25-17(4)26)22(20)31-19-10-8-7-9-11-19;1-5-7-13-24-20-14-18(23(27)30-16(3)6-2)15-21(32(28,29)25-17(4)26)22(20)31-19-11-9-8-10-12-19;1-4-5-11-23-18-12-16(21(24)27-14-15(2)3)13-19(29(22,25)26)20(18)28-17-9-7-6-8-10-17;1-4-6-12-23-18-13-16(21(24)27-15(3)5-2)14-19(29(22,25)26)20(18)28-17-10-8-7-9-11-17;1-11(2)10-27-18(23)14-7-17(28(24,25)21-12(3)22)15(19)8-16(14)20-9-13-5-4-6-26-13/h7-11,13-14,16,24H,5-6,12,15H2,1-4H3,(H,25,26);8-12,14-16,24H,5-7,13H2,1-4H3,(H,25,26);6-10,12-13,15,23H,4-5,11,14H2,1-3H3,(H2,22,25,26);7-11,13-15,23H,4-6,12H2,1-3H3,(H2,22,25,26);4-8,11,20H,9-10H2,1-3H3,(H,21,22). The molecular weight excluding hydrogens is 2060 g/mol. The van der Waals surface area contributed by atoms with Crippen LogP contribution in [-0.2, 0) is 94.7 Å². The molecule has 0 aliphatic carbocycles. The lowest BCUT2D eigenvalue weighted by Gasteiger charge is -2.19. The number of nitrogens with one attached hydrogen (secondary N) is 8. The van der Waals surface area contributed by atoms with Crippen LogP contribution in [-0.4, -0.2) is 148 Å². The maximum Gasteiger partial charge on any atom is 0.340 e. The number of benzene rings is 9. The summed E-state index contributed by atoms with van der Waals surface area (Å²) in [6, 6.07) is 51.5. The minimum Gasteiger partial charge on any atom is -0.467 e. The van der Waals surface area contributed by atoms with Gasteiger partial charge >= 0.3 is 29.8 Å². The number of unbranched alkanes of at least 4 members (excludes halogenated alkanes) is 4. The van der Waals surface area contributed by atoms with Gasteiger partial charge < -0.3 is 73.6 Å². The second-order valence-corrected chi connectivity index (χ2v) is 43.7. The number of anilines is 5. The van der Waals surface area contributed by atoms with Crippen LogP contribution >= 0.6 is 11.6 Å². The Morgan fingerprint density at radius 3 is 0.880 bits per heavy atom. The number of carbonyl (C=O) groups is 8. The molecule has 0 saturated carbocycles. The number of primary sulfonamides is 2. The molecule has 816 valence electrons. The highest BCUT2D eigenvalue weighted by molar-refractivity contribution is 7.91. The Balaban J connectivity index is 0.000000286. The molecule has 0 spiro atoms. The molecule has 0 aliphatic rings. The van der Waals surface area contributed by atoms with Gasteiger partial charge in [-0.3, -0.25) is 14.4 Å². The van der Waals surface area contributed by atoms with Crippen molar-refractivity contribution in [3.8, 4) is 46.0 Å². The van der Waals surface area contributed by atoms with Crippen molar-refractivity contribution in [1.29, 1.82) is 0 Å². The molecule has 44 heteroatoms. The van der Waals surface area contributed by atoms with Crippen LogP contribution in [0, 0.1) is 17.8 Å². The Morgan fingerprint density at radius 2 is 0.613 bits per heavy atom. The number of para-hydroxylation sites is 4. The van der Waals surface area contributed by atoms with Crippen molar-refractivity contribution in [1.82, 2.24) is 14.2 Å². The van der Waals surface area contributed by atoms with Crippen molar-refractivity contribution in [2.75, 3.05) is 72.6 Å². The molecule has 9 aromatic carbocycles. The quantitative estimate of drug-likeness (QED) is 0.00961. The van der Waals surface area contributed by atoms with E-state index in [2.05, 4.69) is 26.6 Å². The number of sulfonamides is 5. The molecule has 0 radical (unpaired) electrons. The third kappa shape index (κ3) is 42.0. The number of hydrogen-bond donors (Lipinski definition) is 10. The lowest BCUT2D eigenvalue weighted by Crippen LogP contribution is -2.29. The van der Waals surface area contributed by atoms with Crippen LogP contribution in [0.3, 0.4) is 0 Å². The smallest absolute Gasteiger partial charge is 0.340 e. The largest absolute Gasteiger partial charge is 0.467 e. The van der Waals surface area contributed by atoms with Gasteiger partial charge in [0.25, 0.3) is 30.1 Å². The number of halogens is 1. The number of furan rings is 1. The van der Waals surface area contributed by atoms with Crippen molar-refractivity contribution < 1.29 is 127 Å². The first-order chi connectivity index (χ1) is 70.9. The van der Waals surface area contributed by atoms with Crippen LogP contribution in [0.1, 0.15) is 239 Å². The average molecular weight is 2200 g/mol. The number of amides is 3. The van der Waals surface area contributed by atoms with E-state index in [9.17, 15) is 80.4 Å². The van der Waals surface area contributed by atoms with E-state index in [0.29, 0.717) is 90.5 Å². The highest BCUT2D eigenvalue weighted by Crippen LogP contribution is 2.44. The Bertz CT molecular complexity index is 6760. The molecule has 0 aliphatic heterocycles. The van der Waals surface area contributed by atoms with Gasteiger partial charge in [0, 0.05) is 47.0 Å². The highest BCUT2D eigenvalue weighted by atomic mass is 35.5. The molecule has 38 nitrogen and oxygen atoms in total. The van der Waals surface area contributed by atoms with Crippen LogP contribution in [0.2, 0.25) is 5.02 Å². The predicted octanol–water partition coefficient (Wildman–Crippen LogP) is 20.4. The first kappa shape index (κ1) is 125. The fourth-order valence-corrected chi connectivity index (χ4v) is 18.0. The SMILES string of the molecule is CC(=O)NS(=O)(=O)c1cc(C(=O)OCC(C)C)c(NCc2ccco2)cc1Cl.CCCCNc1cc(C(=O)OC(C)CC)cc(S(=O)(=O)NC(C)=O)c1Oc1ccccc1.CCCCNc1cc(C(=O)OC(C)CC)cc(S(N)(=O)=O)c1Oc1ccccc1.CCCCNc1cc(C(=O)OCC(C)C)cc(S(=O)(=O)NC(C)=O)c1Oc1ccccc1.CCCCNc1cc(C(=O)OCC(C)C)cc(S(N)(=O)=O)c1Oc1ccccc1. The van der Waals surface area contributed by atoms with Gasteiger partial charge in [0.05, 0.1) is 106 Å². The highest BCUT2D eigenvalue weighted by Gasteiger charge is 2.34. The molecule has 2 unspecified atom stereocenters. The van der Waals surface area contributed by atoms with Gasteiger partial charge in [0.2, 0.25) is 37.8 Å².